The fourth-order valence-electron chi connectivity index (χ4n) is 3.57. The maximum absolute atomic E-state index is 12.5. The lowest BCUT2D eigenvalue weighted by atomic mass is 10.2. The highest BCUT2D eigenvalue weighted by molar-refractivity contribution is 5.92. The minimum Gasteiger partial charge on any atom is -0.459 e. The number of rotatable bonds is 6. The van der Waals surface area contributed by atoms with Crippen molar-refractivity contribution in [3.8, 4) is 0 Å². The summed E-state index contributed by atoms with van der Waals surface area (Å²) in [5, 5.41) is 4.06. The molecule has 6 heteroatoms. The largest absolute Gasteiger partial charge is 0.459 e. The molecule has 2 aromatic carbocycles. The highest BCUT2D eigenvalue weighted by atomic mass is 16.5. The fraction of sp³-hybridized carbons (Fsp3) is 0.348. The van der Waals surface area contributed by atoms with E-state index in [0.29, 0.717) is 0 Å². The van der Waals surface area contributed by atoms with Gasteiger partial charge in [-0.1, -0.05) is 18.2 Å². The third-order valence-corrected chi connectivity index (χ3v) is 5.44. The maximum Gasteiger partial charge on any atom is 0.238 e. The predicted molar refractivity (Wildman–Crippen MR) is 115 cm³/mol. The number of carbonyl (C=O) groups is 1. The van der Waals surface area contributed by atoms with E-state index < -0.39 is 0 Å². The molecule has 1 aliphatic rings. The summed E-state index contributed by atoms with van der Waals surface area (Å²) in [6.45, 7) is 5.64. The Kier molecular flexibility index (Phi) is 5.83. The SMILES string of the molecule is CC(c1cc2ccccc2o1)N(C)CC(=O)Nc1ccc(N2CCOCC2)cc1. The molecule has 1 aliphatic heterocycles. The molecule has 6 nitrogen and oxygen atoms in total. The molecule has 2 heterocycles. The molecule has 1 atom stereocenters. The summed E-state index contributed by atoms with van der Waals surface area (Å²) < 4.78 is 11.3. The van der Waals surface area contributed by atoms with Crippen molar-refractivity contribution in [3.05, 3.63) is 60.4 Å². The number of amides is 1. The highest BCUT2D eigenvalue weighted by Gasteiger charge is 2.19. The molecule has 1 N–H and O–H groups in total. The second-order valence-electron chi connectivity index (χ2n) is 7.47. The van der Waals surface area contributed by atoms with Gasteiger partial charge in [0.25, 0.3) is 0 Å². The van der Waals surface area contributed by atoms with Crippen molar-refractivity contribution in [2.24, 2.45) is 0 Å². The van der Waals surface area contributed by atoms with Gasteiger partial charge in [0, 0.05) is 29.9 Å². The molecule has 3 aromatic rings. The molecular formula is C23H27N3O3. The van der Waals surface area contributed by atoms with E-state index in [1.54, 1.807) is 0 Å². The molecule has 0 bridgehead atoms. The summed E-state index contributed by atoms with van der Waals surface area (Å²) in [5.41, 5.74) is 2.83. The molecule has 0 spiro atoms. The van der Waals surface area contributed by atoms with Crippen LogP contribution in [0.4, 0.5) is 11.4 Å². The second kappa shape index (κ2) is 8.68. The lowest BCUT2D eigenvalue weighted by molar-refractivity contribution is -0.117. The Morgan fingerprint density at radius 3 is 2.59 bits per heavy atom. The Balaban J connectivity index is 1.33. The van der Waals surface area contributed by atoms with E-state index in [-0.39, 0.29) is 18.5 Å². The zero-order valence-electron chi connectivity index (χ0n) is 16.9. The third kappa shape index (κ3) is 4.60. The predicted octanol–water partition coefficient (Wildman–Crippen LogP) is 3.90. The second-order valence-corrected chi connectivity index (χ2v) is 7.47. The number of furan rings is 1. The molecule has 1 fully saturated rings. The van der Waals surface area contributed by atoms with Crippen molar-refractivity contribution in [1.82, 2.24) is 4.90 Å². The first kappa shape index (κ1) is 19.5. The van der Waals surface area contributed by atoms with Crippen LogP contribution in [0.5, 0.6) is 0 Å². The Bertz CT molecular complexity index is 928. The Morgan fingerprint density at radius 1 is 1.14 bits per heavy atom. The summed E-state index contributed by atoms with van der Waals surface area (Å²) in [5.74, 6) is 0.811. The van der Waals surface area contributed by atoms with Gasteiger partial charge in [-0.3, -0.25) is 9.69 Å². The van der Waals surface area contributed by atoms with E-state index in [0.717, 1.165) is 54.4 Å². The number of carbonyl (C=O) groups excluding carboxylic acids is 1. The van der Waals surface area contributed by atoms with E-state index in [1.165, 1.54) is 0 Å². The summed E-state index contributed by atoms with van der Waals surface area (Å²) in [4.78, 5) is 16.8. The zero-order valence-corrected chi connectivity index (χ0v) is 16.9. The normalized spacial score (nSPS) is 15.6. The van der Waals surface area contributed by atoms with Crippen molar-refractivity contribution in [1.29, 1.82) is 0 Å². The monoisotopic (exact) mass is 393 g/mol. The molecule has 0 aliphatic carbocycles. The number of morpholine rings is 1. The summed E-state index contributed by atoms with van der Waals surface area (Å²) in [7, 11) is 1.93. The molecule has 152 valence electrons. The molecule has 1 amide bonds. The molecule has 0 radical (unpaired) electrons. The summed E-state index contributed by atoms with van der Waals surface area (Å²) in [6, 6.07) is 18.0. The van der Waals surface area contributed by atoms with Gasteiger partial charge in [-0.15, -0.1) is 0 Å². The van der Waals surface area contributed by atoms with E-state index in [1.807, 2.05) is 73.5 Å². The van der Waals surface area contributed by atoms with E-state index in [2.05, 4.69) is 10.2 Å². The van der Waals surface area contributed by atoms with E-state index in [9.17, 15) is 4.79 Å². The third-order valence-electron chi connectivity index (χ3n) is 5.44. The zero-order chi connectivity index (χ0) is 20.2. The van der Waals surface area contributed by atoms with Gasteiger partial charge in [0.1, 0.15) is 11.3 Å². The van der Waals surface area contributed by atoms with Gasteiger partial charge >= 0.3 is 0 Å². The number of likely N-dealkylation sites (N-methyl/N-ethyl adjacent to an activating group) is 1. The van der Waals surface area contributed by atoms with E-state index in [4.69, 9.17) is 9.15 Å². The van der Waals surface area contributed by atoms with Gasteiger partial charge in [-0.25, -0.2) is 0 Å². The van der Waals surface area contributed by atoms with Crippen LogP contribution in [0.3, 0.4) is 0 Å². The van der Waals surface area contributed by atoms with Crippen molar-refractivity contribution in [2.45, 2.75) is 13.0 Å². The number of para-hydroxylation sites is 1. The van der Waals surface area contributed by atoms with Gasteiger partial charge in [0.15, 0.2) is 0 Å². The fourth-order valence-corrected chi connectivity index (χ4v) is 3.57. The molecule has 4 rings (SSSR count). The molecule has 1 unspecified atom stereocenters. The van der Waals surface area contributed by atoms with Crippen LogP contribution in [0.2, 0.25) is 0 Å². The van der Waals surface area contributed by atoms with E-state index >= 15 is 0 Å². The highest BCUT2D eigenvalue weighted by Crippen LogP contribution is 2.26. The maximum atomic E-state index is 12.5. The Hall–Kier alpha value is -2.83. The molecule has 29 heavy (non-hydrogen) atoms. The smallest absolute Gasteiger partial charge is 0.238 e. The summed E-state index contributed by atoms with van der Waals surface area (Å²) >= 11 is 0. The quantitative estimate of drug-likeness (QED) is 0.688. The molecule has 1 aromatic heterocycles. The van der Waals surface area contributed by atoms with Gasteiger partial charge in [-0.2, -0.15) is 0 Å². The summed E-state index contributed by atoms with van der Waals surface area (Å²) in [6.07, 6.45) is 0. The minimum absolute atomic E-state index is 0.00292. The number of hydrogen-bond donors (Lipinski definition) is 1. The lowest BCUT2D eigenvalue weighted by Gasteiger charge is -2.29. The van der Waals surface area contributed by atoms with Crippen LogP contribution in [0.1, 0.15) is 18.7 Å². The van der Waals surface area contributed by atoms with Gasteiger partial charge in [0.05, 0.1) is 25.8 Å². The van der Waals surface area contributed by atoms with Gasteiger partial charge in [-0.05, 0) is 50.4 Å². The number of anilines is 2. The van der Waals surface area contributed by atoms with Crippen molar-refractivity contribution in [2.75, 3.05) is 50.1 Å². The standard InChI is InChI=1S/C23H27N3O3/c1-17(22-15-18-5-3-4-6-21(18)29-22)25(2)16-23(27)24-19-7-9-20(10-8-19)26-11-13-28-14-12-26/h3-10,15,17H,11-14,16H2,1-2H3,(H,24,27). The topological polar surface area (TPSA) is 58.0 Å². The van der Waals surface area contributed by atoms with Crippen molar-refractivity contribution >= 4 is 28.3 Å². The molecule has 1 saturated heterocycles. The molecular weight excluding hydrogens is 366 g/mol. The average Bonchev–Trinajstić information content (AvgIpc) is 3.18. The van der Waals surface area contributed by atoms with Crippen LogP contribution in [0.15, 0.2) is 59.0 Å². The van der Waals surface area contributed by atoms with Crippen LogP contribution in [-0.2, 0) is 9.53 Å². The first-order chi connectivity index (χ1) is 14.1. The number of ether oxygens (including phenoxy) is 1. The Labute approximate surface area is 171 Å². The van der Waals surface area contributed by atoms with Crippen LogP contribution in [0, 0.1) is 0 Å². The van der Waals surface area contributed by atoms with Gasteiger partial charge < -0.3 is 19.4 Å². The van der Waals surface area contributed by atoms with Crippen molar-refractivity contribution in [3.63, 3.8) is 0 Å². The minimum atomic E-state index is -0.0467. The number of benzene rings is 2. The first-order valence-electron chi connectivity index (χ1n) is 10.0. The number of fused-ring (bicyclic) bond motifs is 1. The van der Waals surface area contributed by atoms with Gasteiger partial charge in [0.2, 0.25) is 5.91 Å². The lowest BCUT2D eigenvalue weighted by Crippen LogP contribution is -2.36. The van der Waals surface area contributed by atoms with Crippen LogP contribution < -0.4 is 10.2 Å². The Morgan fingerprint density at radius 2 is 1.86 bits per heavy atom. The van der Waals surface area contributed by atoms with Crippen LogP contribution in [-0.4, -0.2) is 50.7 Å². The van der Waals surface area contributed by atoms with Crippen molar-refractivity contribution < 1.29 is 13.9 Å². The van der Waals surface area contributed by atoms with Crippen LogP contribution in [0.25, 0.3) is 11.0 Å². The first-order valence-corrected chi connectivity index (χ1v) is 10.0. The molecule has 0 saturated carbocycles. The number of nitrogens with one attached hydrogen (secondary N) is 1. The average molecular weight is 393 g/mol. The van der Waals surface area contributed by atoms with Crippen LogP contribution >= 0.6 is 0 Å². The number of nitrogens with zero attached hydrogens (tertiary/aromatic N) is 2. The number of hydrogen-bond acceptors (Lipinski definition) is 5.